The maximum Gasteiger partial charge on any atom is 0.261 e. The Balaban J connectivity index is 2.16. The summed E-state index contributed by atoms with van der Waals surface area (Å²) in [4.78, 5) is 26.9. The van der Waals surface area contributed by atoms with Crippen LogP contribution in [0.25, 0.3) is 0 Å². The number of benzene rings is 2. The van der Waals surface area contributed by atoms with Crippen molar-refractivity contribution in [2.75, 3.05) is 6.61 Å². The number of halogens is 1. The molecule has 5 nitrogen and oxygen atoms in total. The van der Waals surface area contributed by atoms with Gasteiger partial charge in [-0.05, 0) is 75.6 Å². The Hall–Kier alpha value is -2.89. The number of rotatable bonds is 8. The first kappa shape index (κ1) is 22.4. The summed E-state index contributed by atoms with van der Waals surface area (Å²) in [6.45, 7) is 9.31. The molecule has 2 amide bonds. The number of hydrogen-bond donors (Lipinski definition) is 1. The van der Waals surface area contributed by atoms with Gasteiger partial charge in [-0.25, -0.2) is 4.39 Å². The van der Waals surface area contributed by atoms with E-state index < -0.39 is 6.04 Å². The molecule has 2 aromatic rings. The van der Waals surface area contributed by atoms with Gasteiger partial charge in [0, 0.05) is 12.6 Å². The van der Waals surface area contributed by atoms with Gasteiger partial charge in [0.2, 0.25) is 5.91 Å². The van der Waals surface area contributed by atoms with Gasteiger partial charge in [-0.15, -0.1) is 0 Å². The molecule has 0 aliphatic heterocycles. The van der Waals surface area contributed by atoms with Crippen molar-refractivity contribution in [2.24, 2.45) is 0 Å². The topological polar surface area (TPSA) is 58.6 Å². The molecule has 1 unspecified atom stereocenters. The maximum absolute atomic E-state index is 13.2. The second-order valence-electron chi connectivity index (χ2n) is 7.60. The molecule has 0 aliphatic carbocycles. The molecule has 29 heavy (non-hydrogen) atoms. The van der Waals surface area contributed by atoms with Crippen LogP contribution in [0.15, 0.2) is 42.5 Å². The molecule has 0 saturated heterocycles. The Kier molecular flexibility index (Phi) is 7.76. The highest BCUT2D eigenvalue weighted by Crippen LogP contribution is 2.17. The van der Waals surface area contributed by atoms with Gasteiger partial charge in [0.15, 0.2) is 6.61 Å². The standard InChI is InChI=1S/C23H29FN2O3/c1-15(2)25-23(28)18(5)26(13-19-6-8-20(24)9-7-19)22(27)14-29-21-11-16(3)10-17(4)12-21/h6-12,15,18H,13-14H2,1-5H3,(H,25,28). The summed E-state index contributed by atoms with van der Waals surface area (Å²) in [5.74, 6) is -0.311. The minimum Gasteiger partial charge on any atom is -0.484 e. The predicted molar refractivity (Wildman–Crippen MR) is 111 cm³/mol. The molecule has 156 valence electrons. The van der Waals surface area contributed by atoms with E-state index in [1.54, 1.807) is 19.1 Å². The molecular formula is C23H29FN2O3. The summed E-state index contributed by atoms with van der Waals surface area (Å²) >= 11 is 0. The average molecular weight is 400 g/mol. The second-order valence-corrected chi connectivity index (χ2v) is 7.60. The molecular weight excluding hydrogens is 371 g/mol. The lowest BCUT2D eigenvalue weighted by Gasteiger charge is -2.29. The quantitative estimate of drug-likeness (QED) is 0.734. The smallest absolute Gasteiger partial charge is 0.261 e. The van der Waals surface area contributed by atoms with Crippen molar-refractivity contribution >= 4 is 11.8 Å². The highest BCUT2D eigenvalue weighted by atomic mass is 19.1. The van der Waals surface area contributed by atoms with Gasteiger partial charge in [0.25, 0.3) is 5.91 Å². The Labute approximate surface area is 171 Å². The fourth-order valence-electron chi connectivity index (χ4n) is 3.02. The van der Waals surface area contributed by atoms with E-state index in [1.807, 2.05) is 45.9 Å². The summed E-state index contributed by atoms with van der Waals surface area (Å²) in [5.41, 5.74) is 2.82. The van der Waals surface area contributed by atoms with E-state index in [9.17, 15) is 14.0 Å². The molecule has 2 rings (SSSR count). The van der Waals surface area contributed by atoms with Gasteiger partial charge in [0.05, 0.1) is 0 Å². The number of nitrogens with zero attached hydrogens (tertiary/aromatic N) is 1. The minimum atomic E-state index is -0.696. The lowest BCUT2D eigenvalue weighted by atomic mass is 10.1. The van der Waals surface area contributed by atoms with Crippen molar-refractivity contribution in [3.8, 4) is 5.75 Å². The van der Waals surface area contributed by atoms with E-state index in [0.717, 1.165) is 16.7 Å². The zero-order chi connectivity index (χ0) is 21.6. The van der Waals surface area contributed by atoms with Gasteiger partial charge < -0.3 is 15.0 Å². The molecule has 0 fully saturated rings. The first-order chi connectivity index (χ1) is 13.7. The van der Waals surface area contributed by atoms with E-state index in [2.05, 4.69) is 5.32 Å². The molecule has 2 aromatic carbocycles. The molecule has 0 saturated carbocycles. The monoisotopic (exact) mass is 400 g/mol. The largest absolute Gasteiger partial charge is 0.484 e. The van der Waals surface area contributed by atoms with E-state index in [4.69, 9.17) is 4.74 Å². The fourth-order valence-corrected chi connectivity index (χ4v) is 3.02. The third-order valence-corrected chi connectivity index (χ3v) is 4.42. The number of carbonyl (C=O) groups excluding carboxylic acids is 2. The third kappa shape index (κ3) is 6.89. The molecule has 0 aromatic heterocycles. The lowest BCUT2D eigenvalue weighted by Crippen LogP contribution is -2.50. The van der Waals surface area contributed by atoms with Gasteiger partial charge in [0.1, 0.15) is 17.6 Å². The van der Waals surface area contributed by atoms with E-state index in [-0.39, 0.29) is 36.8 Å². The highest BCUT2D eigenvalue weighted by molar-refractivity contribution is 5.88. The fraction of sp³-hybridized carbons (Fsp3) is 0.391. The van der Waals surface area contributed by atoms with Crippen LogP contribution in [0.1, 0.15) is 37.5 Å². The van der Waals surface area contributed by atoms with Crippen molar-refractivity contribution in [1.29, 1.82) is 0 Å². The molecule has 6 heteroatoms. The first-order valence-corrected chi connectivity index (χ1v) is 9.71. The highest BCUT2D eigenvalue weighted by Gasteiger charge is 2.27. The number of amides is 2. The molecule has 1 atom stereocenters. The summed E-state index contributed by atoms with van der Waals surface area (Å²) in [7, 11) is 0. The van der Waals surface area contributed by atoms with Crippen LogP contribution < -0.4 is 10.1 Å². The van der Waals surface area contributed by atoms with Crippen LogP contribution in [0, 0.1) is 19.7 Å². The van der Waals surface area contributed by atoms with Crippen LogP contribution in [0.4, 0.5) is 4.39 Å². The molecule has 0 bridgehead atoms. The van der Waals surface area contributed by atoms with Crippen molar-refractivity contribution in [1.82, 2.24) is 10.2 Å². The third-order valence-electron chi connectivity index (χ3n) is 4.42. The summed E-state index contributed by atoms with van der Waals surface area (Å²) in [5, 5.41) is 2.83. The van der Waals surface area contributed by atoms with Crippen LogP contribution in [-0.2, 0) is 16.1 Å². The molecule has 0 heterocycles. The molecule has 0 radical (unpaired) electrons. The van der Waals surface area contributed by atoms with E-state index >= 15 is 0 Å². The molecule has 0 aliphatic rings. The Morgan fingerprint density at radius 1 is 1.03 bits per heavy atom. The van der Waals surface area contributed by atoms with Crippen LogP contribution >= 0.6 is 0 Å². The Bertz CT molecular complexity index is 829. The number of nitrogens with one attached hydrogen (secondary N) is 1. The van der Waals surface area contributed by atoms with Gasteiger partial charge in [-0.3, -0.25) is 9.59 Å². The summed E-state index contributed by atoms with van der Waals surface area (Å²) in [6.07, 6.45) is 0. The zero-order valence-electron chi connectivity index (χ0n) is 17.7. The van der Waals surface area contributed by atoms with Crippen LogP contribution in [0.3, 0.4) is 0 Å². The van der Waals surface area contributed by atoms with E-state index in [1.165, 1.54) is 17.0 Å². The Morgan fingerprint density at radius 3 is 2.17 bits per heavy atom. The number of aryl methyl sites for hydroxylation is 2. The average Bonchev–Trinajstić information content (AvgIpc) is 2.63. The number of hydrogen-bond acceptors (Lipinski definition) is 3. The lowest BCUT2D eigenvalue weighted by molar-refractivity contribution is -0.142. The van der Waals surface area contributed by atoms with Crippen molar-refractivity contribution in [3.63, 3.8) is 0 Å². The summed E-state index contributed by atoms with van der Waals surface area (Å²) < 4.78 is 18.9. The van der Waals surface area contributed by atoms with Crippen LogP contribution in [0.2, 0.25) is 0 Å². The maximum atomic E-state index is 13.2. The van der Waals surface area contributed by atoms with Gasteiger partial charge in [-0.2, -0.15) is 0 Å². The normalized spacial score (nSPS) is 11.8. The predicted octanol–water partition coefficient (Wildman–Crippen LogP) is 3.76. The van der Waals surface area contributed by atoms with E-state index in [0.29, 0.717) is 5.75 Å². The first-order valence-electron chi connectivity index (χ1n) is 9.71. The summed E-state index contributed by atoms with van der Waals surface area (Å²) in [6, 6.07) is 10.9. The van der Waals surface area contributed by atoms with Crippen molar-refractivity contribution in [2.45, 2.75) is 53.2 Å². The van der Waals surface area contributed by atoms with Crippen molar-refractivity contribution < 1.29 is 18.7 Å². The zero-order valence-corrected chi connectivity index (χ0v) is 17.7. The molecule has 0 spiro atoms. The van der Waals surface area contributed by atoms with Gasteiger partial charge in [-0.1, -0.05) is 18.2 Å². The van der Waals surface area contributed by atoms with Crippen LogP contribution in [0.5, 0.6) is 5.75 Å². The van der Waals surface area contributed by atoms with Crippen LogP contribution in [-0.4, -0.2) is 35.4 Å². The minimum absolute atomic E-state index is 0.0424. The Morgan fingerprint density at radius 2 is 1.62 bits per heavy atom. The van der Waals surface area contributed by atoms with Crippen molar-refractivity contribution in [3.05, 3.63) is 65.0 Å². The van der Waals surface area contributed by atoms with Gasteiger partial charge >= 0.3 is 0 Å². The SMILES string of the molecule is Cc1cc(C)cc(OCC(=O)N(Cc2ccc(F)cc2)C(C)C(=O)NC(C)C)c1. The molecule has 1 N–H and O–H groups in total. The number of carbonyl (C=O) groups is 2. The number of ether oxygens (including phenoxy) is 1. The second kappa shape index (κ2) is 10.0.